The summed E-state index contributed by atoms with van der Waals surface area (Å²) in [6.45, 7) is 3.40. The molecule has 1 aromatic rings. The molecule has 118 valence electrons. The fourth-order valence-corrected chi connectivity index (χ4v) is 3.49. The maximum atomic E-state index is 12.7. The van der Waals surface area contributed by atoms with E-state index in [1.807, 2.05) is 0 Å². The zero-order valence-electron chi connectivity index (χ0n) is 12.3. The van der Waals surface area contributed by atoms with Crippen molar-refractivity contribution in [1.29, 1.82) is 0 Å². The molecule has 0 bridgehead atoms. The van der Waals surface area contributed by atoms with Gasteiger partial charge in [0.2, 0.25) is 5.91 Å². The molecule has 1 unspecified atom stereocenters. The zero-order valence-corrected chi connectivity index (χ0v) is 13.8. The van der Waals surface area contributed by atoms with Crippen LogP contribution in [0.5, 0.6) is 0 Å². The highest BCUT2D eigenvalue weighted by Crippen LogP contribution is 2.30. The van der Waals surface area contributed by atoms with Crippen molar-refractivity contribution in [2.45, 2.75) is 12.5 Å². The molecule has 0 radical (unpaired) electrons. The largest absolute Gasteiger partial charge is 0.304 e. The number of hydrogen-bond donors (Lipinski definition) is 0. The second-order valence-electron chi connectivity index (χ2n) is 5.75. The minimum absolute atomic E-state index is 0.187. The fourth-order valence-electron chi connectivity index (χ4n) is 2.97. The SMILES string of the molecule is CN1CCN(C2CC(=O)N(c3cc(Cl)cc(Cl)c3)C2=O)CC1. The molecule has 1 atom stereocenters. The first-order valence-corrected chi connectivity index (χ1v) is 7.97. The van der Waals surface area contributed by atoms with Crippen molar-refractivity contribution in [3.8, 4) is 0 Å². The smallest absolute Gasteiger partial charge is 0.251 e. The Morgan fingerprint density at radius 3 is 2.18 bits per heavy atom. The first-order chi connectivity index (χ1) is 10.5. The first kappa shape index (κ1) is 15.7. The highest BCUT2D eigenvalue weighted by Gasteiger charge is 2.43. The predicted molar refractivity (Wildman–Crippen MR) is 86.4 cm³/mol. The molecule has 0 saturated carbocycles. The normalized spacial score (nSPS) is 24.3. The predicted octanol–water partition coefficient (Wildman–Crippen LogP) is 1.87. The van der Waals surface area contributed by atoms with E-state index in [4.69, 9.17) is 23.2 Å². The molecule has 0 spiro atoms. The number of imide groups is 1. The Bertz CT molecular complexity index is 595. The lowest BCUT2D eigenvalue weighted by Crippen LogP contribution is -2.51. The second-order valence-corrected chi connectivity index (χ2v) is 6.63. The Kier molecular flexibility index (Phi) is 4.41. The van der Waals surface area contributed by atoms with E-state index in [0.29, 0.717) is 15.7 Å². The van der Waals surface area contributed by atoms with Crippen molar-refractivity contribution in [2.75, 3.05) is 38.1 Å². The molecule has 2 fully saturated rings. The van der Waals surface area contributed by atoms with Gasteiger partial charge in [-0.05, 0) is 25.2 Å². The number of anilines is 1. The summed E-state index contributed by atoms with van der Waals surface area (Å²) in [5.74, 6) is -0.389. The highest BCUT2D eigenvalue weighted by molar-refractivity contribution is 6.35. The Labute approximate surface area is 139 Å². The molecule has 2 saturated heterocycles. The minimum Gasteiger partial charge on any atom is -0.304 e. The maximum absolute atomic E-state index is 12.7. The standard InChI is InChI=1S/C15H17Cl2N3O2/c1-18-2-4-19(5-3-18)13-9-14(21)20(15(13)22)12-7-10(16)6-11(17)8-12/h6-8,13H,2-5,9H2,1H3. The van der Waals surface area contributed by atoms with Crippen molar-refractivity contribution in [1.82, 2.24) is 9.80 Å². The molecule has 2 amide bonds. The van der Waals surface area contributed by atoms with Gasteiger partial charge in [0, 0.05) is 36.2 Å². The van der Waals surface area contributed by atoms with E-state index < -0.39 is 0 Å². The quantitative estimate of drug-likeness (QED) is 0.770. The average Bonchev–Trinajstić information content (AvgIpc) is 2.74. The number of benzene rings is 1. The van der Waals surface area contributed by atoms with Gasteiger partial charge in [-0.3, -0.25) is 14.5 Å². The van der Waals surface area contributed by atoms with Crippen LogP contribution < -0.4 is 4.90 Å². The summed E-state index contributed by atoms with van der Waals surface area (Å²) in [6, 6.07) is 4.39. The molecule has 0 aromatic heterocycles. The lowest BCUT2D eigenvalue weighted by molar-refractivity contribution is -0.123. The van der Waals surface area contributed by atoms with Gasteiger partial charge >= 0.3 is 0 Å². The van der Waals surface area contributed by atoms with Gasteiger partial charge in [-0.25, -0.2) is 4.90 Å². The number of piperazine rings is 1. The third-order valence-corrected chi connectivity index (χ3v) is 4.64. The average molecular weight is 342 g/mol. The lowest BCUT2D eigenvalue weighted by Gasteiger charge is -2.35. The number of rotatable bonds is 2. The van der Waals surface area contributed by atoms with Crippen LogP contribution in [0.4, 0.5) is 5.69 Å². The lowest BCUT2D eigenvalue weighted by atomic mass is 10.2. The van der Waals surface area contributed by atoms with Gasteiger partial charge in [0.1, 0.15) is 0 Å². The number of likely N-dealkylation sites (N-methyl/N-ethyl adjacent to an activating group) is 1. The van der Waals surface area contributed by atoms with Gasteiger partial charge in [0.05, 0.1) is 18.2 Å². The molecule has 2 aliphatic rings. The van der Waals surface area contributed by atoms with Crippen LogP contribution >= 0.6 is 23.2 Å². The number of nitrogens with zero attached hydrogens (tertiary/aromatic N) is 3. The van der Waals surface area contributed by atoms with Crippen molar-refractivity contribution in [3.05, 3.63) is 28.2 Å². The molecular weight excluding hydrogens is 325 g/mol. The van der Waals surface area contributed by atoms with Crippen molar-refractivity contribution in [2.24, 2.45) is 0 Å². The molecule has 2 heterocycles. The van der Waals surface area contributed by atoms with Crippen LogP contribution in [0, 0.1) is 0 Å². The number of carbonyl (C=O) groups excluding carboxylic acids is 2. The van der Waals surface area contributed by atoms with Crippen LogP contribution in [0.2, 0.25) is 10.0 Å². The summed E-state index contributed by atoms with van der Waals surface area (Å²) in [4.78, 5) is 30.5. The molecule has 7 heteroatoms. The third kappa shape index (κ3) is 2.99. The highest BCUT2D eigenvalue weighted by atomic mass is 35.5. The monoisotopic (exact) mass is 341 g/mol. The minimum atomic E-state index is -0.376. The summed E-state index contributed by atoms with van der Waals surface area (Å²) in [6.07, 6.45) is 0.215. The van der Waals surface area contributed by atoms with Crippen molar-refractivity contribution in [3.63, 3.8) is 0 Å². The number of halogens is 2. The van der Waals surface area contributed by atoms with E-state index in [-0.39, 0.29) is 24.3 Å². The maximum Gasteiger partial charge on any atom is 0.251 e. The number of carbonyl (C=O) groups is 2. The van der Waals surface area contributed by atoms with Crippen LogP contribution in [-0.4, -0.2) is 60.9 Å². The first-order valence-electron chi connectivity index (χ1n) is 7.21. The third-order valence-electron chi connectivity index (χ3n) is 4.21. The van der Waals surface area contributed by atoms with Gasteiger partial charge in [-0.2, -0.15) is 0 Å². The Morgan fingerprint density at radius 1 is 1.00 bits per heavy atom. The zero-order chi connectivity index (χ0) is 15.9. The molecule has 22 heavy (non-hydrogen) atoms. The van der Waals surface area contributed by atoms with Crippen LogP contribution in [0.15, 0.2) is 18.2 Å². The molecule has 0 N–H and O–H groups in total. The molecule has 5 nitrogen and oxygen atoms in total. The van der Waals surface area contributed by atoms with Crippen LogP contribution in [-0.2, 0) is 9.59 Å². The molecule has 2 aliphatic heterocycles. The van der Waals surface area contributed by atoms with Gasteiger partial charge in [0.15, 0.2) is 0 Å². The van der Waals surface area contributed by atoms with Gasteiger partial charge in [-0.15, -0.1) is 0 Å². The fraction of sp³-hybridized carbons (Fsp3) is 0.467. The van der Waals surface area contributed by atoms with E-state index in [0.717, 1.165) is 26.2 Å². The van der Waals surface area contributed by atoms with Crippen LogP contribution in [0.1, 0.15) is 6.42 Å². The van der Waals surface area contributed by atoms with Crippen LogP contribution in [0.25, 0.3) is 0 Å². The number of amides is 2. The summed E-state index contributed by atoms with van der Waals surface area (Å²) in [7, 11) is 2.05. The topological polar surface area (TPSA) is 43.9 Å². The Hall–Kier alpha value is -1.14. The summed E-state index contributed by atoms with van der Waals surface area (Å²) in [5.41, 5.74) is 0.448. The summed E-state index contributed by atoms with van der Waals surface area (Å²) >= 11 is 12.0. The molecule has 3 rings (SSSR count). The van der Waals surface area contributed by atoms with Gasteiger partial charge < -0.3 is 4.90 Å². The second kappa shape index (κ2) is 6.16. The summed E-state index contributed by atoms with van der Waals surface area (Å²) < 4.78 is 0. The van der Waals surface area contributed by atoms with Crippen LogP contribution in [0.3, 0.4) is 0 Å². The molecule has 1 aromatic carbocycles. The van der Waals surface area contributed by atoms with Gasteiger partial charge in [0.25, 0.3) is 5.91 Å². The molecule has 0 aliphatic carbocycles. The van der Waals surface area contributed by atoms with Gasteiger partial charge in [-0.1, -0.05) is 23.2 Å². The van der Waals surface area contributed by atoms with E-state index in [1.165, 1.54) is 4.90 Å². The van der Waals surface area contributed by atoms with E-state index >= 15 is 0 Å². The molecular formula is C15H17Cl2N3O2. The van der Waals surface area contributed by atoms with Crippen molar-refractivity contribution >= 4 is 40.7 Å². The summed E-state index contributed by atoms with van der Waals surface area (Å²) in [5, 5.41) is 0.817. The van der Waals surface area contributed by atoms with E-state index in [2.05, 4.69) is 16.8 Å². The Balaban J connectivity index is 1.82. The van der Waals surface area contributed by atoms with E-state index in [1.54, 1.807) is 18.2 Å². The number of hydrogen-bond acceptors (Lipinski definition) is 4. The van der Waals surface area contributed by atoms with Crippen molar-refractivity contribution < 1.29 is 9.59 Å². The van der Waals surface area contributed by atoms with E-state index in [9.17, 15) is 9.59 Å². The Morgan fingerprint density at radius 2 is 1.59 bits per heavy atom.